The van der Waals surface area contributed by atoms with Crippen molar-refractivity contribution >= 4 is 22.8 Å². The van der Waals surface area contributed by atoms with Crippen molar-refractivity contribution in [2.45, 2.75) is 18.9 Å². The van der Waals surface area contributed by atoms with Gasteiger partial charge in [0.25, 0.3) is 0 Å². The van der Waals surface area contributed by atoms with Crippen LogP contribution >= 0.6 is 0 Å². The molecule has 0 aliphatic carbocycles. The summed E-state index contributed by atoms with van der Waals surface area (Å²) < 4.78 is 20.4. The minimum absolute atomic E-state index is 0.0200. The number of likely N-dealkylation sites (tertiary alicyclic amines) is 1. The Kier molecular flexibility index (Phi) is 5.00. The smallest absolute Gasteiger partial charge is 0.322 e. The SMILES string of the molecule is O=C(Nc1c(F)cccc1Oc1ccccc1)N1CCCC1c1nc2ccccc2[nH]1. The lowest BCUT2D eigenvalue weighted by molar-refractivity contribution is 0.205. The standard InChI is InChI=1S/C24H21FN4O2/c25-17-10-6-14-21(31-16-8-2-1-3-9-16)22(17)28-24(30)29-15-7-13-20(29)23-26-18-11-4-5-12-19(18)27-23/h1-6,8-12,14,20H,7,13,15H2,(H,26,27)(H,28,30). The van der Waals surface area contributed by atoms with E-state index in [0.29, 0.717) is 12.3 Å². The van der Waals surface area contributed by atoms with Crippen LogP contribution in [-0.4, -0.2) is 27.4 Å². The fourth-order valence-electron chi connectivity index (χ4n) is 3.93. The van der Waals surface area contributed by atoms with E-state index in [1.165, 1.54) is 6.07 Å². The number of anilines is 1. The van der Waals surface area contributed by atoms with E-state index < -0.39 is 5.82 Å². The van der Waals surface area contributed by atoms with E-state index in [9.17, 15) is 9.18 Å². The van der Waals surface area contributed by atoms with Crippen LogP contribution in [0.2, 0.25) is 0 Å². The lowest BCUT2D eigenvalue weighted by Gasteiger charge is -2.24. The van der Waals surface area contributed by atoms with Gasteiger partial charge >= 0.3 is 6.03 Å². The number of halogens is 1. The molecule has 2 heterocycles. The second-order valence-electron chi connectivity index (χ2n) is 7.45. The van der Waals surface area contributed by atoms with E-state index in [4.69, 9.17) is 4.74 Å². The number of hydrogen-bond acceptors (Lipinski definition) is 3. The van der Waals surface area contributed by atoms with Crippen molar-refractivity contribution < 1.29 is 13.9 Å². The maximum absolute atomic E-state index is 14.6. The van der Waals surface area contributed by atoms with Crippen LogP contribution in [0.3, 0.4) is 0 Å². The summed E-state index contributed by atoms with van der Waals surface area (Å²) in [6.07, 6.45) is 1.64. The highest BCUT2D eigenvalue weighted by Crippen LogP contribution is 2.35. The van der Waals surface area contributed by atoms with Crippen LogP contribution in [0.4, 0.5) is 14.9 Å². The molecular weight excluding hydrogens is 395 g/mol. The van der Waals surface area contributed by atoms with E-state index in [1.54, 1.807) is 29.2 Å². The largest absolute Gasteiger partial charge is 0.455 e. The molecule has 5 rings (SSSR count). The number of urea groups is 1. The highest BCUT2D eigenvalue weighted by atomic mass is 19.1. The molecule has 2 amide bonds. The first-order valence-electron chi connectivity index (χ1n) is 10.2. The van der Waals surface area contributed by atoms with Gasteiger partial charge in [-0.05, 0) is 49.2 Å². The molecule has 3 aromatic carbocycles. The van der Waals surface area contributed by atoms with Gasteiger partial charge in [0.2, 0.25) is 0 Å². The molecule has 1 atom stereocenters. The molecule has 6 nitrogen and oxygen atoms in total. The maximum Gasteiger partial charge on any atom is 0.322 e. The number of aromatic amines is 1. The van der Waals surface area contributed by atoms with Gasteiger partial charge in [-0.3, -0.25) is 0 Å². The average molecular weight is 416 g/mol. The zero-order chi connectivity index (χ0) is 21.2. The fraction of sp³-hybridized carbons (Fsp3) is 0.167. The normalized spacial score (nSPS) is 15.9. The van der Waals surface area contributed by atoms with Gasteiger partial charge in [0, 0.05) is 6.54 Å². The Morgan fingerprint density at radius 2 is 1.87 bits per heavy atom. The van der Waals surface area contributed by atoms with E-state index in [2.05, 4.69) is 15.3 Å². The van der Waals surface area contributed by atoms with Crippen molar-refractivity contribution in [3.63, 3.8) is 0 Å². The number of H-pyrrole nitrogens is 1. The van der Waals surface area contributed by atoms with E-state index in [0.717, 1.165) is 29.7 Å². The molecule has 0 saturated carbocycles. The summed E-state index contributed by atoms with van der Waals surface area (Å²) in [6.45, 7) is 0.566. The molecule has 7 heteroatoms. The summed E-state index contributed by atoms with van der Waals surface area (Å²) in [5.74, 6) is 0.994. The number of amides is 2. The minimum Gasteiger partial charge on any atom is -0.455 e. The lowest BCUT2D eigenvalue weighted by atomic mass is 10.2. The second-order valence-corrected chi connectivity index (χ2v) is 7.45. The fourth-order valence-corrected chi connectivity index (χ4v) is 3.93. The van der Waals surface area contributed by atoms with E-state index >= 15 is 0 Å². The number of fused-ring (bicyclic) bond motifs is 1. The van der Waals surface area contributed by atoms with Crippen molar-refractivity contribution in [1.29, 1.82) is 0 Å². The number of nitrogens with zero attached hydrogens (tertiary/aromatic N) is 2. The summed E-state index contributed by atoms with van der Waals surface area (Å²) in [6, 6.07) is 20.7. The zero-order valence-electron chi connectivity index (χ0n) is 16.7. The van der Waals surface area contributed by atoms with E-state index in [1.807, 2.05) is 42.5 Å². The maximum atomic E-state index is 14.6. The van der Waals surface area contributed by atoms with Crippen LogP contribution in [0, 0.1) is 5.82 Å². The number of hydrogen-bond donors (Lipinski definition) is 2. The first-order valence-corrected chi connectivity index (χ1v) is 10.2. The third-order valence-corrected chi connectivity index (χ3v) is 5.42. The Balaban J connectivity index is 1.39. The predicted molar refractivity (Wildman–Crippen MR) is 117 cm³/mol. The molecule has 156 valence electrons. The number of imidazole rings is 1. The highest BCUT2D eigenvalue weighted by Gasteiger charge is 2.33. The van der Waals surface area contributed by atoms with Crippen molar-refractivity contribution in [3.05, 3.63) is 84.4 Å². The number of nitrogens with one attached hydrogen (secondary N) is 2. The quantitative estimate of drug-likeness (QED) is 0.438. The van der Waals surface area contributed by atoms with Crippen molar-refractivity contribution in [2.75, 3.05) is 11.9 Å². The van der Waals surface area contributed by atoms with Crippen LogP contribution < -0.4 is 10.1 Å². The number of carbonyl (C=O) groups is 1. The van der Waals surface area contributed by atoms with Gasteiger partial charge in [-0.25, -0.2) is 14.2 Å². The molecular formula is C24H21FN4O2. The number of carbonyl (C=O) groups excluding carboxylic acids is 1. The summed E-state index contributed by atoms with van der Waals surface area (Å²) in [5, 5.41) is 2.72. The summed E-state index contributed by atoms with van der Waals surface area (Å²) in [5.41, 5.74) is 1.81. The summed E-state index contributed by atoms with van der Waals surface area (Å²) in [7, 11) is 0. The van der Waals surface area contributed by atoms with Crippen molar-refractivity contribution in [3.8, 4) is 11.5 Å². The third-order valence-electron chi connectivity index (χ3n) is 5.42. The molecule has 2 N–H and O–H groups in total. The summed E-state index contributed by atoms with van der Waals surface area (Å²) in [4.78, 5) is 22.8. The van der Waals surface area contributed by atoms with Gasteiger partial charge in [0.15, 0.2) is 11.6 Å². The second kappa shape index (κ2) is 8.10. The molecule has 0 bridgehead atoms. The monoisotopic (exact) mass is 416 g/mol. The van der Waals surface area contributed by atoms with Gasteiger partial charge in [-0.1, -0.05) is 36.4 Å². The first-order chi connectivity index (χ1) is 15.2. The molecule has 1 aliphatic heterocycles. The first kappa shape index (κ1) is 19.1. The molecule has 4 aromatic rings. The number of benzene rings is 3. The van der Waals surface area contributed by atoms with Gasteiger partial charge < -0.3 is 19.9 Å². The summed E-state index contributed by atoms with van der Waals surface area (Å²) >= 11 is 0. The number of para-hydroxylation sites is 4. The molecule has 1 aliphatic rings. The molecule has 31 heavy (non-hydrogen) atoms. The predicted octanol–water partition coefficient (Wildman–Crippen LogP) is 5.86. The molecule has 1 aromatic heterocycles. The van der Waals surface area contributed by atoms with Crippen LogP contribution in [0.15, 0.2) is 72.8 Å². The number of ether oxygens (including phenoxy) is 1. The van der Waals surface area contributed by atoms with Crippen molar-refractivity contribution in [2.24, 2.45) is 0 Å². The zero-order valence-corrected chi connectivity index (χ0v) is 16.7. The minimum atomic E-state index is -0.554. The number of rotatable bonds is 4. The Morgan fingerprint density at radius 3 is 2.71 bits per heavy atom. The van der Waals surface area contributed by atoms with Gasteiger partial charge in [-0.2, -0.15) is 0 Å². The van der Waals surface area contributed by atoms with Crippen LogP contribution in [0.5, 0.6) is 11.5 Å². The molecule has 0 spiro atoms. The molecule has 1 unspecified atom stereocenters. The Morgan fingerprint density at radius 1 is 1.06 bits per heavy atom. The van der Waals surface area contributed by atoms with Gasteiger partial charge in [-0.15, -0.1) is 0 Å². The Hall–Kier alpha value is -3.87. The average Bonchev–Trinajstić information content (AvgIpc) is 3.43. The number of aromatic nitrogens is 2. The van der Waals surface area contributed by atoms with Crippen LogP contribution in [-0.2, 0) is 0 Å². The molecule has 1 saturated heterocycles. The Labute approximate surface area is 178 Å². The molecule has 1 fully saturated rings. The van der Waals surface area contributed by atoms with Gasteiger partial charge in [0.05, 0.1) is 17.1 Å². The van der Waals surface area contributed by atoms with Crippen molar-refractivity contribution in [1.82, 2.24) is 14.9 Å². The Bertz CT molecular complexity index is 1190. The van der Waals surface area contributed by atoms with Crippen LogP contribution in [0.1, 0.15) is 24.7 Å². The lowest BCUT2D eigenvalue weighted by Crippen LogP contribution is -2.35. The van der Waals surface area contributed by atoms with E-state index in [-0.39, 0.29) is 23.5 Å². The molecule has 0 radical (unpaired) electrons. The topological polar surface area (TPSA) is 70.2 Å². The third kappa shape index (κ3) is 3.82. The highest BCUT2D eigenvalue weighted by molar-refractivity contribution is 5.91. The van der Waals surface area contributed by atoms with Crippen LogP contribution in [0.25, 0.3) is 11.0 Å². The van der Waals surface area contributed by atoms with Gasteiger partial charge in [0.1, 0.15) is 17.3 Å².